The van der Waals surface area contributed by atoms with Gasteiger partial charge in [-0.05, 0) is 12.1 Å². The summed E-state index contributed by atoms with van der Waals surface area (Å²) in [6.07, 6.45) is 0. The van der Waals surface area contributed by atoms with Gasteiger partial charge in [0.2, 0.25) is 0 Å². The molecule has 6 heteroatoms. The van der Waals surface area contributed by atoms with Gasteiger partial charge in [0, 0.05) is 0 Å². The number of carbonyl (C=O) groups is 1. The van der Waals surface area contributed by atoms with Gasteiger partial charge in [-0.25, -0.2) is 4.79 Å². The fraction of sp³-hybridized carbons (Fsp3) is 0. The maximum Gasteiger partial charge on any atom is 0.356 e. The van der Waals surface area contributed by atoms with Crippen molar-refractivity contribution >= 4 is 21.7 Å². The molecule has 1 aliphatic heterocycles. The molecule has 0 atom stereocenters. The first kappa shape index (κ1) is 8.06. The fourth-order valence-electron chi connectivity index (χ4n) is 1.09. The van der Waals surface area contributed by atoms with Gasteiger partial charge in [0.25, 0.3) is 10.0 Å². The average molecular weight is 197 g/mol. The van der Waals surface area contributed by atoms with Crippen LogP contribution in [-0.4, -0.2) is 14.4 Å². The Morgan fingerprint density at radius 3 is 2.69 bits per heavy atom. The number of sulfonamides is 1. The summed E-state index contributed by atoms with van der Waals surface area (Å²) in [6.45, 7) is 0. The van der Waals surface area contributed by atoms with Crippen molar-refractivity contribution in [2.24, 2.45) is 0 Å². The molecule has 1 N–H and O–H groups in total. The molecule has 0 aliphatic carbocycles. The first-order valence-electron chi connectivity index (χ1n) is 3.48. The van der Waals surface area contributed by atoms with Crippen molar-refractivity contribution < 1.29 is 13.2 Å². The Morgan fingerprint density at radius 2 is 1.92 bits per heavy atom. The standard InChI is InChI=1S/C7H5N2O3S/c10-7-8-5-3-1-2-4-6(5)13(11,12)9-7/h1-4H,(H,8,10). The number of nitrogens with zero attached hydrogens (tertiary/aromatic N) is 1. The van der Waals surface area contributed by atoms with Crippen LogP contribution in [0.2, 0.25) is 0 Å². The topological polar surface area (TPSA) is 77.3 Å². The molecule has 1 heterocycles. The quantitative estimate of drug-likeness (QED) is 0.658. The van der Waals surface area contributed by atoms with Crippen LogP contribution in [-0.2, 0) is 10.0 Å². The number of amides is 2. The van der Waals surface area contributed by atoms with Crippen molar-refractivity contribution in [2.45, 2.75) is 4.90 Å². The molecule has 13 heavy (non-hydrogen) atoms. The van der Waals surface area contributed by atoms with Crippen LogP contribution in [0.25, 0.3) is 0 Å². The van der Waals surface area contributed by atoms with Gasteiger partial charge in [-0.2, -0.15) is 8.42 Å². The Balaban J connectivity index is 2.70. The first-order valence-corrected chi connectivity index (χ1v) is 4.92. The number of rotatable bonds is 0. The second-order valence-electron chi connectivity index (χ2n) is 2.49. The Bertz CT molecular complexity index is 466. The van der Waals surface area contributed by atoms with Crippen molar-refractivity contribution in [2.75, 3.05) is 5.32 Å². The second-order valence-corrected chi connectivity index (χ2v) is 4.07. The Labute approximate surface area is 74.8 Å². The molecular formula is C7H5N2O3S. The number of fused-ring (bicyclic) bond motifs is 1. The molecule has 0 spiro atoms. The second kappa shape index (κ2) is 2.46. The van der Waals surface area contributed by atoms with E-state index in [2.05, 4.69) is 10.0 Å². The van der Waals surface area contributed by atoms with Crippen LogP contribution in [0, 0.1) is 0 Å². The zero-order valence-corrected chi connectivity index (χ0v) is 7.21. The van der Waals surface area contributed by atoms with Gasteiger partial charge in [0.15, 0.2) is 0 Å². The van der Waals surface area contributed by atoms with Gasteiger partial charge < -0.3 is 5.32 Å². The summed E-state index contributed by atoms with van der Waals surface area (Å²) in [5.41, 5.74) is 0.280. The summed E-state index contributed by atoms with van der Waals surface area (Å²) >= 11 is 0. The third kappa shape index (κ3) is 1.25. The van der Waals surface area contributed by atoms with Crippen LogP contribution < -0.4 is 10.0 Å². The fourth-order valence-corrected chi connectivity index (χ4v) is 2.10. The van der Waals surface area contributed by atoms with Crippen LogP contribution >= 0.6 is 0 Å². The zero-order chi connectivity index (χ0) is 9.47. The van der Waals surface area contributed by atoms with Gasteiger partial charge in [-0.1, -0.05) is 12.1 Å². The van der Waals surface area contributed by atoms with Gasteiger partial charge in [-0.3, -0.25) is 0 Å². The molecule has 67 valence electrons. The summed E-state index contributed by atoms with van der Waals surface area (Å²) in [5.74, 6) is 0. The van der Waals surface area contributed by atoms with Crippen LogP contribution in [0.5, 0.6) is 0 Å². The van der Waals surface area contributed by atoms with E-state index in [9.17, 15) is 13.2 Å². The van der Waals surface area contributed by atoms with Gasteiger partial charge >= 0.3 is 6.03 Å². The molecule has 1 aliphatic rings. The van der Waals surface area contributed by atoms with E-state index in [1.54, 1.807) is 12.1 Å². The molecule has 1 aromatic rings. The summed E-state index contributed by atoms with van der Waals surface area (Å²) in [7, 11) is -3.78. The molecule has 1 aromatic carbocycles. The lowest BCUT2D eigenvalue weighted by molar-refractivity contribution is 0.255. The number of urea groups is 1. The van der Waals surface area contributed by atoms with Gasteiger partial charge in [0.05, 0.1) is 5.69 Å². The lowest BCUT2D eigenvalue weighted by Crippen LogP contribution is -2.33. The van der Waals surface area contributed by atoms with Crippen LogP contribution in [0.3, 0.4) is 0 Å². The number of hydrogen-bond acceptors (Lipinski definition) is 3. The van der Waals surface area contributed by atoms with Crippen molar-refractivity contribution in [1.82, 2.24) is 4.72 Å². The smallest absolute Gasteiger partial charge is 0.304 e. The summed E-state index contributed by atoms with van der Waals surface area (Å²) < 4.78 is 25.5. The van der Waals surface area contributed by atoms with Crippen LogP contribution in [0.1, 0.15) is 0 Å². The van der Waals surface area contributed by atoms with Crippen molar-refractivity contribution in [3.63, 3.8) is 0 Å². The highest BCUT2D eigenvalue weighted by molar-refractivity contribution is 7.90. The minimum absolute atomic E-state index is 0.0367. The highest BCUT2D eigenvalue weighted by atomic mass is 32.2. The number of para-hydroxylation sites is 1. The largest absolute Gasteiger partial charge is 0.356 e. The Kier molecular flexibility index (Phi) is 1.53. The first-order chi connectivity index (χ1) is 6.09. The number of hydrogen-bond donors (Lipinski definition) is 1. The van der Waals surface area contributed by atoms with Crippen molar-refractivity contribution in [1.29, 1.82) is 0 Å². The lowest BCUT2D eigenvalue weighted by Gasteiger charge is -2.14. The molecule has 0 bridgehead atoms. The predicted octanol–water partition coefficient (Wildman–Crippen LogP) is 0.525. The third-order valence-corrected chi connectivity index (χ3v) is 2.93. The van der Waals surface area contributed by atoms with Gasteiger partial charge in [-0.15, -0.1) is 4.72 Å². The monoisotopic (exact) mass is 197 g/mol. The number of anilines is 1. The molecule has 0 unspecified atom stereocenters. The highest BCUT2D eigenvalue weighted by Gasteiger charge is 2.28. The van der Waals surface area contributed by atoms with E-state index in [1.165, 1.54) is 12.1 Å². The van der Waals surface area contributed by atoms with E-state index in [-0.39, 0.29) is 10.6 Å². The van der Waals surface area contributed by atoms with E-state index in [0.717, 1.165) is 0 Å². The Morgan fingerprint density at radius 1 is 1.23 bits per heavy atom. The van der Waals surface area contributed by atoms with Gasteiger partial charge in [0.1, 0.15) is 4.90 Å². The van der Waals surface area contributed by atoms with E-state index in [0.29, 0.717) is 0 Å². The van der Waals surface area contributed by atoms with E-state index in [4.69, 9.17) is 0 Å². The summed E-state index contributed by atoms with van der Waals surface area (Å²) in [4.78, 5) is 10.8. The van der Waals surface area contributed by atoms with Crippen molar-refractivity contribution in [3.8, 4) is 0 Å². The summed E-state index contributed by atoms with van der Waals surface area (Å²) in [5, 5.41) is 2.33. The normalized spacial score (nSPS) is 18.3. The molecular weight excluding hydrogens is 192 g/mol. The molecule has 1 radical (unpaired) electrons. The lowest BCUT2D eigenvalue weighted by atomic mass is 10.3. The predicted molar refractivity (Wildman–Crippen MR) is 44.8 cm³/mol. The molecule has 5 nitrogen and oxygen atoms in total. The number of carbonyl (C=O) groups excluding carboxylic acids is 1. The molecule has 0 saturated carbocycles. The van der Waals surface area contributed by atoms with Crippen LogP contribution in [0.15, 0.2) is 29.2 Å². The Hall–Kier alpha value is -1.56. The van der Waals surface area contributed by atoms with E-state index < -0.39 is 16.1 Å². The molecule has 0 aromatic heterocycles. The number of nitrogens with one attached hydrogen (secondary N) is 1. The molecule has 0 saturated heterocycles. The number of benzene rings is 1. The highest BCUT2D eigenvalue weighted by Crippen LogP contribution is 2.24. The van der Waals surface area contributed by atoms with Crippen molar-refractivity contribution in [3.05, 3.63) is 24.3 Å². The van der Waals surface area contributed by atoms with E-state index >= 15 is 0 Å². The maximum atomic E-state index is 11.3. The minimum atomic E-state index is -3.78. The van der Waals surface area contributed by atoms with Crippen LogP contribution in [0.4, 0.5) is 10.5 Å². The molecule has 2 amide bonds. The zero-order valence-electron chi connectivity index (χ0n) is 6.39. The third-order valence-electron chi connectivity index (χ3n) is 1.61. The van der Waals surface area contributed by atoms with E-state index in [1.807, 2.05) is 0 Å². The average Bonchev–Trinajstić information content (AvgIpc) is 2.02. The SMILES string of the molecule is O=C1[N]S(=O)(=O)c2ccccc2N1. The molecule has 2 rings (SSSR count). The maximum absolute atomic E-state index is 11.3. The summed E-state index contributed by atoms with van der Waals surface area (Å²) in [6, 6.07) is 5.27. The molecule has 0 fully saturated rings. The minimum Gasteiger partial charge on any atom is -0.304 e.